The minimum atomic E-state index is 0.531. The molecule has 1 N–H and O–H groups in total. The van der Waals surface area contributed by atoms with Crippen molar-refractivity contribution in [2.45, 2.75) is 25.3 Å². The number of hydrogen-bond donors (Lipinski definition) is 1. The number of halogens is 1. The number of rotatable bonds is 4. The number of benzene rings is 2. The number of nitrogens with one attached hydrogen (secondary N) is 1. The third-order valence-corrected chi connectivity index (χ3v) is 4.10. The van der Waals surface area contributed by atoms with Crippen molar-refractivity contribution in [1.82, 2.24) is 5.32 Å². The number of hydrogen-bond acceptors (Lipinski definition) is 1. The topological polar surface area (TPSA) is 12.0 Å². The van der Waals surface area contributed by atoms with Crippen LogP contribution >= 0.6 is 11.6 Å². The summed E-state index contributed by atoms with van der Waals surface area (Å²) < 4.78 is 0. The van der Waals surface area contributed by atoms with Gasteiger partial charge in [-0.25, -0.2) is 0 Å². The van der Waals surface area contributed by atoms with E-state index in [0.29, 0.717) is 6.04 Å². The zero-order valence-electron chi connectivity index (χ0n) is 10.9. The molecule has 0 heterocycles. The van der Waals surface area contributed by atoms with Crippen LogP contribution in [-0.4, -0.2) is 6.54 Å². The normalized spacial score (nSPS) is 17.4. The fourth-order valence-corrected chi connectivity index (χ4v) is 2.94. The van der Waals surface area contributed by atoms with Crippen LogP contribution in [0.3, 0.4) is 0 Å². The lowest BCUT2D eigenvalue weighted by atomic mass is 10.1. The van der Waals surface area contributed by atoms with Gasteiger partial charge in [0.05, 0.1) is 0 Å². The Balaban J connectivity index is 1.55. The summed E-state index contributed by atoms with van der Waals surface area (Å²) >= 11 is 5.89. The average Bonchev–Trinajstić information content (AvgIpc) is 2.85. The Bertz CT molecular complexity index is 547. The molecule has 0 spiro atoms. The van der Waals surface area contributed by atoms with E-state index in [1.807, 2.05) is 12.1 Å². The molecule has 2 aromatic rings. The lowest BCUT2D eigenvalue weighted by Crippen LogP contribution is -2.21. The maximum absolute atomic E-state index is 5.89. The Morgan fingerprint density at radius 2 is 1.84 bits per heavy atom. The standard InChI is InChI=1S/C17H18ClN/c18-15-8-5-13(6-9-15)11-12-19-17-10-7-14-3-1-2-4-16(14)17/h1-6,8-9,17,19H,7,10-12H2. The Morgan fingerprint density at radius 1 is 1.05 bits per heavy atom. The number of aryl methyl sites for hydroxylation is 1. The predicted molar refractivity (Wildman–Crippen MR) is 80.7 cm³/mol. The molecule has 1 aliphatic rings. The first-order valence-electron chi connectivity index (χ1n) is 6.88. The Morgan fingerprint density at radius 3 is 2.68 bits per heavy atom. The second kappa shape index (κ2) is 5.77. The summed E-state index contributed by atoms with van der Waals surface area (Å²) in [5.41, 5.74) is 4.33. The first-order chi connectivity index (χ1) is 9.33. The molecule has 2 heteroatoms. The first kappa shape index (κ1) is 12.7. The van der Waals surface area contributed by atoms with Crippen molar-refractivity contribution < 1.29 is 0 Å². The summed E-state index contributed by atoms with van der Waals surface area (Å²) in [6, 6.07) is 17.4. The van der Waals surface area contributed by atoms with Gasteiger partial charge in [0, 0.05) is 11.1 Å². The van der Waals surface area contributed by atoms with E-state index in [4.69, 9.17) is 11.6 Å². The molecule has 0 saturated carbocycles. The minimum absolute atomic E-state index is 0.531. The zero-order valence-corrected chi connectivity index (χ0v) is 11.7. The predicted octanol–water partition coefficient (Wildman–Crippen LogP) is 4.16. The van der Waals surface area contributed by atoms with Crippen LogP contribution in [0.15, 0.2) is 48.5 Å². The van der Waals surface area contributed by atoms with Crippen molar-refractivity contribution in [1.29, 1.82) is 0 Å². The molecule has 0 aromatic heterocycles. The van der Waals surface area contributed by atoms with Crippen LogP contribution in [0, 0.1) is 0 Å². The summed E-state index contributed by atoms with van der Waals surface area (Å²) in [5.74, 6) is 0. The van der Waals surface area contributed by atoms with Gasteiger partial charge < -0.3 is 5.32 Å². The minimum Gasteiger partial charge on any atom is -0.310 e. The maximum Gasteiger partial charge on any atom is 0.0406 e. The first-order valence-corrected chi connectivity index (χ1v) is 7.26. The third-order valence-electron chi connectivity index (χ3n) is 3.85. The lowest BCUT2D eigenvalue weighted by molar-refractivity contribution is 0.533. The van der Waals surface area contributed by atoms with Gasteiger partial charge in [0.1, 0.15) is 0 Å². The molecule has 0 bridgehead atoms. The van der Waals surface area contributed by atoms with Crippen molar-refractivity contribution in [3.63, 3.8) is 0 Å². The molecule has 1 aliphatic carbocycles. The third kappa shape index (κ3) is 2.99. The Labute approximate surface area is 119 Å². The molecule has 0 saturated heterocycles. The van der Waals surface area contributed by atoms with Crippen molar-refractivity contribution in [3.05, 3.63) is 70.2 Å². The molecule has 0 aliphatic heterocycles. The average molecular weight is 272 g/mol. The van der Waals surface area contributed by atoms with Crippen LogP contribution in [0.1, 0.15) is 29.2 Å². The van der Waals surface area contributed by atoms with Crippen LogP contribution in [0.2, 0.25) is 5.02 Å². The van der Waals surface area contributed by atoms with Gasteiger partial charge in [0.25, 0.3) is 0 Å². The van der Waals surface area contributed by atoms with Gasteiger partial charge in [0.15, 0.2) is 0 Å². The molecule has 1 unspecified atom stereocenters. The second-order valence-electron chi connectivity index (χ2n) is 5.12. The summed E-state index contributed by atoms with van der Waals surface area (Å²) in [7, 11) is 0. The van der Waals surface area contributed by atoms with Crippen molar-refractivity contribution >= 4 is 11.6 Å². The van der Waals surface area contributed by atoms with Crippen LogP contribution in [0.25, 0.3) is 0 Å². The highest BCUT2D eigenvalue weighted by Crippen LogP contribution is 2.30. The van der Waals surface area contributed by atoms with Gasteiger partial charge in [-0.05, 0) is 54.6 Å². The largest absolute Gasteiger partial charge is 0.310 e. The molecule has 0 amide bonds. The highest BCUT2D eigenvalue weighted by molar-refractivity contribution is 6.30. The molecule has 2 aromatic carbocycles. The van der Waals surface area contributed by atoms with Gasteiger partial charge >= 0.3 is 0 Å². The van der Waals surface area contributed by atoms with E-state index in [1.54, 1.807) is 0 Å². The quantitative estimate of drug-likeness (QED) is 0.880. The fraction of sp³-hybridized carbons (Fsp3) is 0.294. The molecule has 0 radical (unpaired) electrons. The summed E-state index contributed by atoms with van der Waals surface area (Å²) in [4.78, 5) is 0. The Kier molecular flexibility index (Phi) is 3.86. The van der Waals surface area contributed by atoms with Crippen molar-refractivity contribution in [2.75, 3.05) is 6.54 Å². The van der Waals surface area contributed by atoms with Gasteiger partial charge in [-0.3, -0.25) is 0 Å². The highest BCUT2D eigenvalue weighted by atomic mass is 35.5. The molecule has 0 fully saturated rings. The molecular weight excluding hydrogens is 254 g/mol. The molecule has 3 rings (SSSR count). The highest BCUT2D eigenvalue weighted by Gasteiger charge is 2.20. The van der Waals surface area contributed by atoms with Gasteiger partial charge in [-0.1, -0.05) is 48.0 Å². The van der Waals surface area contributed by atoms with Gasteiger partial charge in [-0.2, -0.15) is 0 Å². The van der Waals surface area contributed by atoms with Crippen LogP contribution in [0.5, 0.6) is 0 Å². The van der Waals surface area contributed by atoms with E-state index in [9.17, 15) is 0 Å². The van der Waals surface area contributed by atoms with Crippen LogP contribution < -0.4 is 5.32 Å². The maximum atomic E-state index is 5.89. The van der Waals surface area contributed by atoms with Gasteiger partial charge in [0.2, 0.25) is 0 Å². The smallest absolute Gasteiger partial charge is 0.0406 e. The molecular formula is C17H18ClN. The van der Waals surface area contributed by atoms with E-state index in [0.717, 1.165) is 18.0 Å². The zero-order chi connectivity index (χ0) is 13.1. The number of fused-ring (bicyclic) bond motifs is 1. The van der Waals surface area contributed by atoms with E-state index >= 15 is 0 Å². The SMILES string of the molecule is Clc1ccc(CCNC2CCc3ccccc32)cc1. The van der Waals surface area contributed by atoms with E-state index in [1.165, 1.54) is 29.5 Å². The monoisotopic (exact) mass is 271 g/mol. The second-order valence-corrected chi connectivity index (χ2v) is 5.56. The van der Waals surface area contributed by atoms with E-state index < -0.39 is 0 Å². The fourth-order valence-electron chi connectivity index (χ4n) is 2.81. The lowest BCUT2D eigenvalue weighted by Gasteiger charge is -2.14. The molecule has 1 nitrogen and oxygen atoms in total. The van der Waals surface area contributed by atoms with Crippen molar-refractivity contribution in [3.8, 4) is 0 Å². The molecule has 98 valence electrons. The summed E-state index contributed by atoms with van der Waals surface area (Å²) in [6.07, 6.45) is 3.48. The molecule has 19 heavy (non-hydrogen) atoms. The van der Waals surface area contributed by atoms with Gasteiger partial charge in [-0.15, -0.1) is 0 Å². The van der Waals surface area contributed by atoms with Crippen molar-refractivity contribution in [2.24, 2.45) is 0 Å². The molecule has 1 atom stereocenters. The van der Waals surface area contributed by atoms with E-state index in [-0.39, 0.29) is 0 Å². The van der Waals surface area contributed by atoms with Crippen LogP contribution in [-0.2, 0) is 12.8 Å². The van der Waals surface area contributed by atoms with Crippen LogP contribution in [0.4, 0.5) is 0 Å². The summed E-state index contributed by atoms with van der Waals surface area (Å²) in [5, 5.41) is 4.47. The van der Waals surface area contributed by atoms with E-state index in [2.05, 4.69) is 41.7 Å². The Hall–Kier alpha value is -1.31. The summed E-state index contributed by atoms with van der Waals surface area (Å²) in [6.45, 7) is 1.01.